The maximum atomic E-state index is 11.7. The molecule has 0 saturated heterocycles. The Morgan fingerprint density at radius 1 is 1.08 bits per heavy atom. The monoisotopic (exact) mass is 206 g/mol. The van der Waals surface area contributed by atoms with Crippen LogP contribution in [0.25, 0.3) is 0 Å². The van der Waals surface area contributed by atoms with Gasteiger partial charge in [0.25, 0.3) is 0 Å². The second kappa shape index (κ2) is 5.82. The summed E-state index contributed by atoms with van der Waals surface area (Å²) in [6.45, 7) is 8.21. The summed E-state index contributed by atoms with van der Waals surface area (Å²) >= 11 is 0. The minimum Gasteiger partial charge on any atom is -0.344 e. The van der Waals surface area contributed by atoms with Gasteiger partial charge in [0, 0.05) is 12.3 Å². The Morgan fingerprint density at radius 3 is 1.62 bits per heavy atom. The summed E-state index contributed by atoms with van der Waals surface area (Å²) in [6, 6.07) is 0. The van der Waals surface area contributed by atoms with Crippen LogP contribution in [-0.2, 0) is 4.57 Å². The predicted octanol–water partition coefficient (Wildman–Crippen LogP) is 3.35. The van der Waals surface area contributed by atoms with Gasteiger partial charge in [-0.25, -0.2) is 0 Å². The van der Waals surface area contributed by atoms with Crippen molar-refractivity contribution in [1.29, 1.82) is 0 Å². The highest BCUT2D eigenvalue weighted by Gasteiger charge is 2.22. The smallest absolute Gasteiger partial charge is 0.201 e. The largest absolute Gasteiger partial charge is 0.344 e. The van der Waals surface area contributed by atoms with E-state index in [0.29, 0.717) is 24.2 Å². The van der Waals surface area contributed by atoms with Crippen LogP contribution < -0.4 is 0 Å². The fourth-order valence-corrected chi connectivity index (χ4v) is 3.92. The van der Waals surface area contributed by atoms with E-state index in [-0.39, 0.29) is 0 Å². The normalized spacial score (nSPS) is 20.7. The van der Waals surface area contributed by atoms with Crippen molar-refractivity contribution in [1.82, 2.24) is 0 Å². The van der Waals surface area contributed by atoms with Gasteiger partial charge < -0.3 is 4.89 Å². The zero-order valence-electron chi connectivity index (χ0n) is 9.29. The molecule has 0 aromatic heterocycles. The Bertz CT molecular complexity index is 164. The summed E-state index contributed by atoms with van der Waals surface area (Å²) in [5.41, 5.74) is 0. The van der Waals surface area contributed by atoms with Crippen LogP contribution in [0.4, 0.5) is 0 Å². The molecule has 0 aliphatic heterocycles. The van der Waals surface area contributed by atoms with Gasteiger partial charge in [0.1, 0.15) is 0 Å². The van der Waals surface area contributed by atoms with Crippen LogP contribution in [0.3, 0.4) is 0 Å². The van der Waals surface area contributed by atoms with Crippen molar-refractivity contribution in [3.63, 3.8) is 0 Å². The molecular weight excluding hydrogens is 183 g/mol. The molecule has 2 atom stereocenters. The van der Waals surface area contributed by atoms with E-state index in [1.165, 1.54) is 0 Å². The number of hydrogen-bond donors (Lipinski definition) is 1. The molecule has 3 heteroatoms. The Balaban J connectivity index is 4.00. The molecular formula is C10H23O2P. The van der Waals surface area contributed by atoms with Crippen LogP contribution in [-0.4, -0.2) is 17.2 Å². The van der Waals surface area contributed by atoms with E-state index in [4.69, 9.17) is 0 Å². The molecule has 0 spiro atoms. The lowest BCUT2D eigenvalue weighted by Gasteiger charge is -2.18. The van der Waals surface area contributed by atoms with E-state index in [0.717, 1.165) is 12.8 Å². The number of rotatable bonds is 6. The molecule has 0 radical (unpaired) electrons. The van der Waals surface area contributed by atoms with E-state index >= 15 is 0 Å². The van der Waals surface area contributed by atoms with Gasteiger partial charge in [0.15, 0.2) is 0 Å². The molecule has 0 amide bonds. The van der Waals surface area contributed by atoms with Crippen LogP contribution >= 0.6 is 7.37 Å². The van der Waals surface area contributed by atoms with Crippen molar-refractivity contribution in [2.75, 3.05) is 12.3 Å². The summed E-state index contributed by atoms with van der Waals surface area (Å²) in [5.74, 6) is 0.750. The van der Waals surface area contributed by atoms with E-state index in [9.17, 15) is 9.46 Å². The minimum absolute atomic E-state index is 0.375. The molecule has 2 nitrogen and oxygen atoms in total. The zero-order valence-corrected chi connectivity index (χ0v) is 10.2. The SMILES string of the molecule is CCC(C)CP(=O)(O)CC(C)CC. The highest BCUT2D eigenvalue weighted by Crippen LogP contribution is 2.45. The second-order valence-corrected chi connectivity index (χ2v) is 6.66. The van der Waals surface area contributed by atoms with E-state index in [1.54, 1.807) is 0 Å². The molecule has 0 fully saturated rings. The van der Waals surface area contributed by atoms with Gasteiger partial charge in [-0.1, -0.05) is 40.5 Å². The van der Waals surface area contributed by atoms with Crippen LogP contribution in [0.1, 0.15) is 40.5 Å². The molecule has 1 N–H and O–H groups in total. The Labute approximate surface area is 82.2 Å². The first-order valence-corrected chi connectivity index (χ1v) is 7.25. The lowest BCUT2D eigenvalue weighted by molar-refractivity contribution is 0.448. The average Bonchev–Trinajstić information content (AvgIpc) is 2.02. The van der Waals surface area contributed by atoms with Crippen molar-refractivity contribution in [3.8, 4) is 0 Å². The topological polar surface area (TPSA) is 37.3 Å². The Hall–Kier alpha value is 0.190. The fraction of sp³-hybridized carbons (Fsp3) is 1.00. The van der Waals surface area contributed by atoms with Crippen LogP contribution in [0.15, 0.2) is 0 Å². The minimum atomic E-state index is -2.84. The van der Waals surface area contributed by atoms with Crippen molar-refractivity contribution >= 4 is 7.37 Å². The third kappa shape index (κ3) is 6.29. The van der Waals surface area contributed by atoms with Crippen LogP contribution in [0.5, 0.6) is 0 Å². The van der Waals surface area contributed by atoms with E-state index in [2.05, 4.69) is 13.8 Å². The maximum Gasteiger partial charge on any atom is 0.201 e. The quantitative estimate of drug-likeness (QED) is 0.677. The van der Waals surface area contributed by atoms with E-state index < -0.39 is 7.37 Å². The standard InChI is InChI=1S/C10H23O2P/c1-5-9(3)7-13(11,12)8-10(4)6-2/h9-10H,5-8H2,1-4H3,(H,11,12). The molecule has 0 heterocycles. The van der Waals surface area contributed by atoms with Gasteiger partial charge in [-0.15, -0.1) is 0 Å². The zero-order chi connectivity index (χ0) is 10.5. The maximum absolute atomic E-state index is 11.7. The first kappa shape index (κ1) is 13.2. The number of hydrogen-bond acceptors (Lipinski definition) is 1. The first-order chi connectivity index (χ1) is 5.91. The van der Waals surface area contributed by atoms with Crippen LogP contribution in [0, 0.1) is 11.8 Å². The summed E-state index contributed by atoms with van der Waals surface area (Å²) in [7, 11) is -2.84. The fourth-order valence-electron chi connectivity index (χ4n) is 1.31. The molecule has 0 aromatic rings. The molecule has 0 aliphatic carbocycles. The first-order valence-electron chi connectivity index (χ1n) is 5.22. The Kier molecular flexibility index (Phi) is 5.91. The van der Waals surface area contributed by atoms with Crippen LogP contribution in [0.2, 0.25) is 0 Å². The van der Waals surface area contributed by atoms with Crippen molar-refractivity contribution in [2.24, 2.45) is 11.8 Å². The summed E-state index contributed by atoms with van der Waals surface area (Å²) in [6.07, 6.45) is 2.97. The summed E-state index contributed by atoms with van der Waals surface area (Å²) in [4.78, 5) is 9.67. The van der Waals surface area contributed by atoms with Crippen molar-refractivity contribution in [3.05, 3.63) is 0 Å². The highest BCUT2D eigenvalue weighted by molar-refractivity contribution is 7.58. The average molecular weight is 206 g/mol. The molecule has 0 bridgehead atoms. The van der Waals surface area contributed by atoms with Gasteiger partial charge in [0.2, 0.25) is 7.37 Å². The molecule has 0 rings (SSSR count). The molecule has 2 unspecified atom stereocenters. The van der Waals surface area contributed by atoms with Gasteiger partial charge in [-0.3, -0.25) is 4.57 Å². The van der Waals surface area contributed by atoms with Crippen molar-refractivity contribution in [2.45, 2.75) is 40.5 Å². The molecule has 0 saturated carbocycles. The molecule has 13 heavy (non-hydrogen) atoms. The van der Waals surface area contributed by atoms with Crippen molar-refractivity contribution < 1.29 is 9.46 Å². The van der Waals surface area contributed by atoms with Gasteiger partial charge in [-0.2, -0.15) is 0 Å². The predicted molar refractivity (Wildman–Crippen MR) is 58.5 cm³/mol. The van der Waals surface area contributed by atoms with Gasteiger partial charge in [0.05, 0.1) is 0 Å². The van der Waals surface area contributed by atoms with Gasteiger partial charge >= 0.3 is 0 Å². The molecule has 0 aromatic carbocycles. The lowest BCUT2D eigenvalue weighted by Crippen LogP contribution is -2.08. The Morgan fingerprint density at radius 2 is 1.38 bits per heavy atom. The third-order valence-electron chi connectivity index (χ3n) is 2.59. The third-order valence-corrected chi connectivity index (χ3v) is 4.98. The summed E-state index contributed by atoms with van der Waals surface area (Å²) in [5, 5.41) is 0. The van der Waals surface area contributed by atoms with Gasteiger partial charge in [-0.05, 0) is 11.8 Å². The summed E-state index contributed by atoms with van der Waals surface area (Å²) < 4.78 is 11.7. The van der Waals surface area contributed by atoms with E-state index in [1.807, 2.05) is 13.8 Å². The highest BCUT2D eigenvalue weighted by atomic mass is 31.2. The second-order valence-electron chi connectivity index (χ2n) is 4.24. The lowest BCUT2D eigenvalue weighted by atomic mass is 10.2. The molecule has 0 aliphatic rings. The molecule has 80 valence electrons.